The van der Waals surface area contributed by atoms with Gasteiger partial charge in [-0.1, -0.05) is 29.8 Å². The molecule has 0 radical (unpaired) electrons. The van der Waals surface area contributed by atoms with Gasteiger partial charge >= 0.3 is 0 Å². The van der Waals surface area contributed by atoms with Crippen LogP contribution in [0.2, 0.25) is 5.02 Å². The van der Waals surface area contributed by atoms with Gasteiger partial charge in [0.2, 0.25) is 0 Å². The zero-order valence-electron chi connectivity index (χ0n) is 10.1. The van der Waals surface area contributed by atoms with E-state index in [1.807, 2.05) is 0 Å². The molecular formula is C15H8ClF2NO. The molecule has 0 atom stereocenters. The second-order valence-electron chi connectivity index (χ2n) is 4.35. The molecule has 0 unspecified atom stereocenters. The number of rotatable bonds is 1. The van der Waals surface area contributed by atoms with Crippen molar-refractivity contribution in [1.82, 2.24) is 0 Å². The summed E-state index contributed by atoms with van der Waals surface area (Å²) in [4.78, 5) is 11.9. The fraction of sp³-hybridized carbons (Fsp3) is 0. The predicted molar refractivity (Wildman–Crippen MR) is 74.3 cm³/mol. The van der Waals surface area contributed by atoms with E-state index in [1.54, 1.807) is 18.2 Å². The maximum absolute atomic E-state index is 13.6. The average Bonchev–Trinajstić information content (AvgIpc) is 2.70. The van der Waals surface area contributed by atoms with Crippen LogP contribution in [0.25, 0.3) is 11.6 Å². The standard InChI is InChI=1S/C15H8ClF2NO/c16-9-4-5-10-11(15(20)19-13(10)7-9)6-8-2-1-3-12(17)14(8)18/h1-7H,(H,19,20)/b11-6+. The van der Waals surface area contributed by atoms with E-state index < -0.39 is 11.6 Å². The Hall–Kier alpha value is -2.20. The van der Waals surface area contributed by atoms with Gasteiger partial charge in [-0.05, 0) is 24.3 Å². The smallest absolute Gasteiger partial charge is 0.256 e. The number of carbonyl (C=O) groups is 1. The summed E-state index contributed by atoms with van der Waals surface area (Å²) in [5.41, 5.74) is 1.48. The first-order valence-electron chi connectivity index (χ1n) is 5.83. The van der Waals surface area contributed by atoms with Crippen molar-refractivity contribution < 1.29 is 13.6 Å². The molecule has 1 amide bonds. The summed E-state index contributed by atoms with van der Waals surface area (Å²) in [7, 11) is 0. The summed E-state index contributed by atoms with van der Waals surface area (Å²) in [5, 5.41) is 3.12. The topological polar surface area (TPSA) is 29.1 Å². The molecule has 0 fully saturated rings. The second kappa shape index (κ2) is 4.72. The van der Waals surface area contributed by atoms with Gasteiger partial charge in [0.1, 0.15) is 0 Å². The highest BCUT2D eigenvalue weighted by atomic mass is 35.5. The predicted octanol–water partition coefficient (Wildman–Crippen LogP) is 4.11. The number of fused-ring (bicyclic) bond motifs is 1. The van der Waals surface area contributed by atoms with Crippen molar-refractivity contribution in [1.29, 1.82) is 0 Å². The SMILES string of the molecule is O=C1Nc2cc(Cl)ccc2/C1=C\c1cccc(F)c1F. The average molecular weight is 292 g/mol. The first-order chi connectivity index (χ1) is 9.56. The molecule has 3 rings (SSSR count). The van der Waals surface area contributed by atoms with Crippen molar-refractivity contribution >= 4 is 34.8 Å². The van der Waals surface area contributed by atoms with Crippen molar-refractivity contribution in [3.63, 3.8) is 0 Å². The van der Waals surface area contributed by atoms with Crippen molar-refractivity contribution in [2.45, 2.75) is 0 Å². The summed E-state index contributed by atoms with van der Waals surface area (Å²) in [6.07, 6.45) is 1.33. The number of hydrogen-bond donors (Lipinski definition) is 1. The van der Waals surface area contributed by atoms with E-state index >= 15 is 0 Å². The molecule has 5 heteroatoms. The highest BCUT2D eigenvalue weighted by Gasteiger charge is 2.24. The summed E-state index contributed by atoms with van der Waals surface area (Å²) < 4.78 is 26.8. The third-order valence-electron chi connectivity index (χ3n) is 3.05. The van der Waals surface area contributed by atoms with Crippen LogP contribution in [0.3, 0.4) is 0 Å². The van der Waals surface area contributed by atoms with Gasteiger partial charge in [-0.3, -0.25) is 4.79 Å². The van der Waals surface area contributed by atoms with Crippen LogP contribution in [0.15, 0.2) is 36.4 Å². The van der Waals surface area contributed by atoms with Crippen molar-refractivity contribution in [3.05, 3.63) is 64.2 Å². The Bertz CT molecular complexity index is 756. The van der Waals surface area contributed by atoms with Crippen LogP contribution in [0.1, 0.15) is 11.1 Å². The molecular weight excluding hydrogens is 284 g/mol. The Morgan fingerprint density at radius 3 is 2.75 bits per heavy atom. The Morgan fingerprint density at radius 1 is 1.15 bits per heavy atom. The number of amides is 1. The van der Waals surface area contributed by atoms with Gasteiger partial charge in [-0.15, -0.1) is 0 Å². The number of anilines is 1. The summed E-state index contributed by atoms with van der Waals surface area (Å²) in [6.45, 7) is 0. The summed E-state index contributed by atoms with van der Waals surface area (Å²) >= 11 is 5.84. The summed E-state index contributed by atoms with van der Waals surface area (Å²) in [5.74, 6) is -2.30. The van der Waals surface area contributed by atoms with Crippen molar-refractivity contribution in [2.24, 2.45) is 0 Å². The Labute approximate surface area is 118 Å². The van der Waals surface area contributed by atoms with E-state index in [0.29, 0.717) is 16.3 Å². The fourth-order valence-corrected chi connectivity index (χ4v) is 2.27. The first kappa shape index (κ1) is 12.8. The van der Waals surface area contributed by atoms with Crippen LogP contribution in [-0.4, -0.2) is 5.91 Å². The van der Waals surface area contributed by atoms with Gasteiger partial charge in [0.05, 0.1) is 5.69 Å². The van der Waals surface area contributed by atoms with Crippen LogP contribution >= 0.6 is 11.6 Å². The number of hydrogen-bond acceptors (Lipinski definition) is 1. The maximum atomic E-state index is 13.6. The minimum absolute atomic E-state index is 0.0259. The molecule has 0 spiro atoms. The highest BCUT2D eigenvalue weighted by molar-refractivity contribution is 6.36. The fourth-order valence-electron chi connectivity index (χ4n) is 2.10. The van der Waals surface area contributed by atoms with E-state index in [-0.39, 0.29) is 17.0 Å². The van der Waals surface area contributed by atoms with Gasteiger partial charge in [0.25, 0.3) is 5.91 Å². The molecule has 0 aliphatic carbocycles. The largest absolute Gasteiger partial charge is 0.321 e. The van der Waals surface area contributed by atoms with E-state index in [4.69, 9.17) is 11.6 Å². The van der Waals surface area contributed by atoms with Gasteiger partial charge < -0.3 is 5.32 Å². The van der Waals surface area contributed by atoms with Crippen molar-refractivity contribution in [3.8, 4) is 0 Å². The third kappa shape index (κ3) is 2.08. The zero-order chi connectivity index (χ0) is 14.3. The number of benzene rings is 2. The van der Waals surface area contributed by atoms with Crippen LogP contribution in [0, 0.1) is 11.6 Å². The highest BCUT2D eigenvalue weighted by Crippen LogP contribution is 2.35. The minimum Gasteiger partial charge on any atom is -0.321 e. The molecule has 2 aromatic rings. The first-order valence-corrected chi connectivity index (χ1v) is 6.21. The molecule has 0 bridgehead atoms. The van der Waals surface area contributed by atoms with Gasteiger partial charge in [-0.25, -0.2) is 8.78 Å². The Morgan fingerprint density at radius 2 is 1.95 bits per heavy atom. The van der Waals surface area contributed by atoms with Crippen LogP contribution in [0.4, 0.5) is 14.5 Å². The van der Waals surface area contributed by atoms with Gasteiger partial charge in [0, 0.05) is 21.7 Å². The lowest BCUT2D eigenvalue weighted by Crippen LogP contribution is -2.03. The normalized spacial score (nSPS) is 15.3. The van der Waals surface area contributed by atoms with E-state index in [2.05, 4.69) is 5.32 Å². The quantitative estimate of drug-likeness (QED) is 0.787. The van der Waals surface area contributed by atoms with E-state index in [0.717, 1.165) is 6.07 Å². The van der Waals surface area contributed by atoms with Gasteiger partial charge in [-0.2, -0.15) is 0 Å². The molecule has 2 nitrogen and oxygen atoms in total. The monoisotopic (exact) mass is 291 g/mol. The lowest BCUT2D eigenvalue weighted by atomic mass is 10.0. The van der Waals surface area contributed by atoms with Crippen LogP contribution in [-0.2, 0) is 4.79 Å². The summed E-state index contributed by atoms with van der Waals surface area (Å²) in [6, 6.07) is 8.74. The van der Waals surface area contributed by atoms with Gasteiger partial charge in [0.15, 0.2) is 11.6 Å². The molecule has 0 aromatic heterocycles. The second-order valence-corrected chi connectivity index (χ2v) is 4.78. The Balaban J connectivity index is 2.14. The molecule has 100 valence electrons. The lowest BCUT2D eigenvalue weighted by molar-refractivity contribution is -0.110. The molecule has 20 heavy (non-hydrogen) atoms. The van der Waals surface area contributed by atoms with E-state index in [1.165, 1.54) is 18.2 Å². The molecule has 0 saturated heterocycles. The molecule has 1 heterocycles. The van der Waals surface area contributed by atoms with Crippen molar-refractivity contribution in [2.75, 3.05) is 5.32 Å². The number of carbonyl (C=O) groups excluding carboxylic acids is 1. The molecule has 0 saturated carbocycles. The molecule has 1 N–H and O–H groups in total. The van der Waals surface area contributed by atoms with Crippen LogP contribution in [0.5, 0.6) is 0 Å². The lowest BCUT2D eigenvalue weighted by Gasteiger charge is -2.01. The Kier molecular flexibility index (Phi) is 3.03. The van der Waals surface area contributed by atoms with Crippen LogP contribution < -0.4 is 5.32 Å². The van der Waals surface area contributed by atoms with E-state index in [9.17, 15) is 13.6 Å². The zero-order valence-corrected chi connectivity index (χ0v) is 10.8. The maximum Gasteiger partial charge on any atom is 0.256 e. The number of halogens is 3. The minimum atomic E-state index is -0.977. The third-order valence-corrected chi connectivity index (χ3v) is 3.28. The molecule has 1 aliphatic rings. The molecule has 1 aliphatic heterocycles. The number of nitrogens with one attached hydrogen (secondary N) is 1. The molecule has 2 aromatic carbocycles.